The van der Waals surface area contributed by atoms with Crippen LogP contribution in [0.25, 0.3) is 22.6 Å². The number of nitrogen functional groups attached to an aromatic ring is 1. The van der Waals surface area contributed by atoms with E-state index < -0.39 is 5.97 Å². The smallest absolute Gasteiger partial charge is 0.355 e. The van der Waals surface area contributed by atoms with Crippen LogP contribution in [0.4, 0.5) is 11.5 Å². The molecule has 10 nitrogen and oxygen atoms in total. The number of rotatable bonds is 5. The zero-order valence-corrected chi connectivity index (χ0v) is 18.1. The van der Waals surface area contributed by atoms with Crippen molar-refractivity contribution in [2.75, 3.05) is 11.1 Å². The Balaban J connectivity index is 1.40. The second kappa shape index (κ2) is 8.60. The first-order valence-corrected chi connectivity index (χ1v) is 10.5. The molecule has 0 aliphatic carbocycles. The van der Waals surface area contributed by atoms with Gasteiger partial charge in [-0.3, -0.25) is 4.79 Å². The van der Waals surface area contributed by atoms with Crippen molar-refractivity contribution in [3.8, 4) is 16.9 Å². The quantitative estimate of drug-likeness (QED) is 0.361. The molecule has 4 N–H and O–H groups in total. The Labute approximate surface area is 197 Å². The number of hydrogen-bond acceptors (Lipinski definition) is 6. The van der Waals surface area contributed by atoms with Gasteiger partial charge in [-0.25, -0.2) is 19.0 Å². The number of carboxylic acids is 1. The molecular formula is C25H18N6O4. The van der Waals surface area contributed by atoms with Gasteiger partial charge in [-0.2, -0.15) is 4.68 Å². The highest BCUT2D eigenvalue weighted by Gasteiger charge is 2.15. The van der Waals surface area contributed by atoms with E-state index >= 15 is 0 Å². The van der Waals surface area contributed by atoms with Crippen molar-refractivity contribution in [2.45, 2.75) is 0 Å². The molecule has 5 rings (SSSR count). The van der Waals surface area contributed by atoms with Gasteiger partial charge in [0.25, 0.3) is 5.91 Å². The average Bonchev–Trinajstić information content (AvgIpc) is 3.22. The van der Waals surface area contributed by atoms with Gasteiger partial charge in [0.05, 0.1) is 16.9 Å². The number of aromatic carboxylic acids is 1. The fourth-order valence-electron chi connectivity index (χ4n) is 3.57. The molecule has 3 aromatic carbocycles. The molecule has 2 aromatic heterocycles. The predicted molar refractivity (Wildman–Crippen MR) is 130 cm³/mol. The van der Waals surface area contributed by atoms with Crippen LogP contribution in [-0.4, -0.2) is 36.1 Å². The van der Waals surface area contributed by atoms with Gasteiger partial charge in [-0.05, 0) is 48.5 Å². The van der Waals surface area contributed by atoms with Gasteiger partial charge < -0.3 is 16.2 Å². The van der Waals surface area contributed by atoms with Gasteiger partial charge in [-0.15, -0.1) is 5.10 Å². The van der Waals surface area contributed by atoms with Gasteiger partial charge >= 0.3 is 11.7 Å². The Morgan fingerprint density at radius 1 is 0.886 bits per heavy atom. The minimum atomic E-state index is -1.06. The standard InChI is InChI=1S/C25H18N6O4/c26-21-22-29-31(19-4-2-1-3-5-19)25(35)30(22)14-20(28-21)15-10-12-18(13-11-15)27-23(32)16-6-8-17(9-7-16)24(33)34/h1-14H,(H2,26,28)(H,27,32)(H,33,34). The number of aromatic nitrogens is 4. The van der Waals surface area contributed by atoms with Crippen molar-refractivity contribution in [3.63, 3.8) is 0 Å². The van der Waals surface area contributed by atoms with Crippen molar-refractivity contribution >= 4 is 29.0 Å². The molecule has 0 saturated heterocycles. The van der Waals surface area contributed by atoms with E-state index in [1.54, 1.807) is 42.6 Å². The summed E-state index contributed by atoms with van der Waals surface area (Å²) in [7, 11) is 0. The lowest BCUT2D eigenvalue weighted by Crippen LogP contribution is -2.19. The number of nitrogens with zero attached hydrogens (tertiary/aromatic N) is 4. The number of nitrogens with two attached hydrogens (primary N) is 1. The number of carbonyl (C=O) groups excluding carboxylic acids is 1. The molecule has 0 atom stereocenters. The third-order valence-corrected chi connectivity index (χ3v) is 5.36. The van der Waals surface area contributed by atoms with Gasteiger partial charge in [0.2, 0.25) is 5.65 Å². The molecule has 172 valence electrons. The van der Waals surface area contributed by atoms with E-state index in [2.05, 4.69) is 15.4 Å². The molecule has 0 saturated carbocycles. The molecule has 0 aliphatic heterocycles. The molecular weight excluding hydrogens is 448 g/mol. The fraction of sp³-hybridized carbons (Fsp3) is 0. The molecule has 0 bridgehead atoms. The minimum Gasteiger partial charge on any atom is -0.478 e. The lowest BCUT2D eigenvalue weighted by atomic mass is 10.1. The maximum atomic E-state index is 12.9. The molecule has 0 fully saturated rings. The number of benzene rings is 3. The second-order valence-corrected chi connectivity index (χ2v) is 7.65. The minimum absolute atomic E-state index is 0.100. The lowest BCUT2D eigenvalue weighted by molar-refractivity contribution is 0.0696. The van der Waals surface area contributed by atoms with Gasteiger partial charge in [0.15, 0.2) is 5.82 Å². The summed E-state index contributed by atoms with van der Waals surface area (Å²) in [6.07, 6.45) is 1.57. The number of carbonyl (C=O) groups is 2. The van der Waals surface area contributed by atoms with Crippen molar-refractivity contribution < 1.29 is 14.7 Å². The number of fused-ring (bicyclic) bond motifs is 1. The molecule has 10 heteroatoms. The highest BCUT2D eigenvalue weighted by atomic mass is 16.4. The first-order chi connectivity index (χ1) is 16.9. The third-order valence-electron chi connectivity index (χ3n) is 5.36. The van der Waals surface area contributed by atoms with Crippen LogP contribution in [0.15, 0.2) is 89.9 Å². The van der Waals surface area contributed by atoms with Gasteiger partial charge in [0.1, 0.15) is 0 Å². The fourth-order valence-corrected chi connectivity index (χ4v) is 3.57. The van der Waals surface area contributed by atoms with Crippen molar-refractivity contribution in [3.05, 3.63) is 107 Å². The normalized spacial score (nSPS) is 10.9. The maximum absolute atomic E-state index is 12.9. The highest BCUT2D eigenvalue weighted by molar-refractivity contribution is 6.04. The monoisotopic (exact) mass is 466 g/mol. The van der Waals surface area contributed by atoms with E-state index in [0.717, 1.165) is 0 Å². The Morgan fingerprint density at radius 2 is 1.54 bits per heavy atom. The largest absolute Gasteiger partial charge is 0.478 e. The summed E-state index contributed by atoms with van der Waals surface area (Å²) in [6, 6.07) is 21.5. The van der Waals surface area contributed by atoms with E-state index in [-0.39, 0.29) is 28.6 Å². The van der Waals surface area contributed by atoms with E-state index in [4.69, 9.17) is 10.8 Å². The topological polar surface area (TPSA) is 145 Å². The lowest BCUT2D eigenvalue weighted by Gasteiger charge is -2.08. The molecule has 35 heavy (non-hydrogen) atoms. The molecule has 2 heterocycles. The second-order valence-electron chi connectivity index (χ2n) is 7.65. The van der Waals surface area contributed by atoms with Crippen LogP contribution in [-0.2, 0) is 0 Å². The van der Waals surface area contributed by atoms with Crippen molar-refractivity contribution in [2.24, 2.45) is 0 Å². The first-order valence-electron chi connectivity index (χ1n) is 10.5. The van der Waals surface area contributed by atoms with Crippen LogP contribution in [0.2, 0.25) is 0 Å². The third kappa shape index (κ3) is 4.11. The number of para-hydroxylation sites is 1. The van der Waals surface area contributed by atoms with Crippen LogP contribution in [0, 0.1) is 0 Å². The van der Waals surface area contributed by atoms with Crippen molar-refractivity contribution in [1.82, 2.24) is 19.2 Å². The van der Waals surface area contributed by atoms with E-state index in [1.165, 1.54) is 33.3 Å². The van der Waals surface area contributed by atoms with Crippen LogP contribution >= 0.6 is 0 Å². The summed E-state index contributed by atoms with van der Waals surface area (Å²) >= 11 is 0. The molecule has 0 radical (unpaired) electrons. The summed E-state index contributed by atoms with van der Waals surface area (Å²) in [4.78, 5) is 40.7. The zero-order chi connectivity index (χ0) is 24.5. The summed E-state index contributed by atoms with van der Waals surface area (Å²) in [5.41, 5.74) is 8.70. The van der Waals surface area contributed by atoms with Crippen LogP contribution in [0.3, 0.4) is 0 Å². The number of amides is 1. The molecule has 0 spiro atoms. The predicted octanol–water partition coefficient (Wildman–Crippen LogP) is 3.08. The maximum Gasteiger partial charge on any atom is 0.355 e. The molecule has 0 unspecified atom stereocenters. The van der Waals surface area contributed by atoms with Crippen LogP contribution in [0.1, 0.15) is 20.7 Å². The van der Waals surface area contributed by atoms with Crippen molar-refractivity contribution in [1.29, 1.82) is 0 Å². The van der Waals surface area contributed by atoms with E-state index in [9.17, 15) is 14.4 Å². The Morgan fingerprint density at radius 3 is 2.20 bits per heavy atom. The van der Waals surface area contributed by atoms with E-state index in [1.807, 2.05) is 18.2 Å². The Kier molecular flexibility index (Phi) is 5.30. The Hall–Kier alpha value is -5.25. The summed E-state index contributed by atoms with van der Waals surface area (Å²) < 4.78 is 2.61. The van der Waals surface area contributed by atoms with Gasteiger partial charge in [-0.1, -0.05) is 30.3 Å². The SMILES string of the molecule is Nc1nc(-c2ccc(NC(=O)c3ccc(C(=O)O)cc3)cc2)cn2c(=O)n(-c3ccccc3)nc12. The first kappa shape index (κ1) is 21.6. The number of carboxylic acid groups (broad SMARTS) is 1. The average molecular weight is 466 g/mol. The molecule has 1 amide bonds. The zero-order valence-electron chi connectivity index (χ0n) is 18.1. The number of anilines is 2. The summed E-state index contributed by atoms with van der Waals surface area (Å²) in [5, 5.41) is 16.0. The van der Waals surface area contributed by atoms with Crippen LogP contribution in [0.5, 0.6) is 0 Å². The number of nitrogens with one attached hydrogen (secondary N) is 1. The molecule has 0 aliphatic rings. The summed E-state index contributed by atoms with van der Waals surface area (Å²) in [5.74, 6) is -1.33. The van der Waals surface area contributed by atoms with E-state index in [0.29, 0.717) is 28.2 Å². The number of hydrogen-bond donors (Lipinski definition) is 3. The highest BCUT2D eigenvalue weighted by Crippen LogP contribution is 2.22. The Bertz CT molecular complexity index is 1620. The van der Waals surface area contributed by atoms with Gasteiger partial charge in [0, 0.05) is 23.0 Å². The molecule has 5 aromatic rings. The summed E-state index contributed by atoms with van der Waals surface area (Å²) in [6.45, 7) is 0. The van der Waals surface area contributed by atoms with Crippen LogP contribution < -0.4 is 16.7 Å².